The normalized spacial score (nSPS) is 27.0. The largest absolute Gasteiger partial charge is 0.391 e. The number of likely N-dealkylation sites (tertiary alicyclic amines) is 1. The van der Waals surface area contributed by atoms with Crippen LogP contribution in [0.4, 0.5) is 0 Å². The van der Waals surface area contributed by atoms with Crippen LogP contribution in [0.5, 0.6) is 0 Å². The predicted molar refractivity (Wildman–Crippen MR) is 90.5 cm³/mol. The summed E-state index contributed by atoms with van der Waals surface area (Å²) in [6.07, 6.45) is 4.23. The summed E-state index contributed by atoms with van der Waals surface area (Å²) in [5.41, 5.74) is 0.887. The zero-order valence-corrected chi connectivity index (χ0v) is 14.5. The quantitative estimate of drug-likeness (QED) is 0.922. The lowest BCUT2D eigenvalue weighted by atomic mass is 9.87. The molecule has 2 fully saturated rings. The van der Waals surface area contributed by atoms with Gasteiger partial charge in [0.05, 0.1) is 18.3 Å². The highest BCUT2D eigenvalue weighted by atomic mass is 16.3. The number of rotatable bonds is 3. The molecular formula is C18H29N3O2. The summed E-state index contributed by atoms with van der Waals surface area (Å²) >= 11 is 0. The van der Waals surface area contributed by atoms with Gasteiger partial charge in [0.15, 0.2) is 0 Å². The molecule has 0 spiro atoms. The highest BCUT2D eigenvalue weighted by Crippen LogP contribution is 2.29. The molecule has 2 aliphatic rings. The Morgan fingerprint density at radius 2 is 1.91 bits per heavy atom. The second kappa shape index (κ2) is 6.36. The maximum atomic E-state index is 12.1. The van der Waals surface area contributed by atoms with E-state index in [0.29, 0.717) is 18.5 Å². The second-order valence-corrected chi connectivity index (χ2v) is 8.23. The molecule has 5 heteroatoms. The monoisotopic (exact) mass is 319 g/mol. The highest BCUT2D eigenvalue weighted by Gasteiger charge is 2.37. The van der Waals surface area contributed by atoms with Gasteiger partial charge in [-0.1, -0.05) is 33.6 Å². The van der Waals surface area contributed by atoms with Crippen LogP contribution in [0.3, 0.4) is 0 Å². The average molecular weight is 319 g/mol. The van der Waals surface area contributed by atoms with Crippen LogP contribution in [-0.4, -0.2) is 45.0 Å². The van der Waals surface area contributed by atoms with Gasteiger partial charge in [0, 0.05) is 36.5 Å². The molecule has 1 aromatic rings. The minimum Gasteiger partial charge on any atom is -0.391 e. The van der Waals surface area contributed by atoms with Gasteiger partial charge >= 0.3 is 0 Å². The standard InChI is InChI=1S/C18H29N3O2/c1-18(2,3)16-8-9-17(23)21(19-16)12-13-10-20(11-13)14-6-4-5-7-15(14)22/h8-9,13-15,22H,4-7,10-12H2,1-3H3. The van der Waals surface area contributed by atoms with Crippen molar-refractivity contribution in [2.75, 3.05) is 13.1 Å². The molecule has 1 aliphatic heterocycles. The molecule has 1 aliphatic carbocycles. The first-order valence-corrected chi connectivity index (χ1v) is 8.85. The number of aromatic nitrogens is 2. The van der Waals surface area contributed by atoms with E-state index in [1.54, 1.807) is 10.7 Å². The van der Waals surface area contributed by atoms with Crippen LogP contribution >= 0.6 is 0 Å². The third-order valence-corrected chi connectivity index (χ3v) is 5.21. The van der Waals surface area contributed by atoms with Crippen molar-refractivity contribution in [3.63, 3.8) is 0 Å². The molecule has 2 unspecified atom stereocenters. The topological polar surface area (TPSA) is 58.4 Å². The van der Waals surface area contributed by atoms with Gasteiger partial charge < -0.3 is 5.11 Å². The predicted octanol–water partition coefficient (Wildman–Crippen LogP) is 1.78. The summed E-state index contributed by atoms with van der Waals surface area (Å²) in [6, 6.07) is 3.80. The van der Waals surface area contributed by atoms with Gasteiger partial charge in [-0.2, -0.15) is 5.10 Å². The molecule has 0 radical (unpaired) electrons. The Labute approximate surface area is 138 Å². The molecule has 23 heavy (non-hydrogen) atoms. The van der Waals surface area contributed by atoms with Gasteiger partial charge in [-0.3, -0.25) is 9.69 Å². The molecular weight excluding hydrogens is 290 g/mol. The summed E-state index contributed by atoms with van der Waals surface area (Å²) in [5.74, 6) is 0.463. The first kappa shape index (κ1) is 16.7. The lowest BCUT2D eigenvalue weighted by Gasteiger charge is -2.47. The Morgan fingerprint density at radius 3 is 2.57 bits per heavy atom. The summed E-state index contributed by atoms with van der Waals surface area (Å²) in [4.78, 5) is 14.4. The fraction of sp³-hybridized carbons (Fsp3) is 0.778. The van der Waals surface area contributed by atoms with E-state index >= 15 is 0 Å². The van der Waals surface area contributed by atoms with Crippen LogP contribution in [0.15, 0.2) is 16.9 Å². The van der Waals surface area contributed by atoms with E-state index in [2.05, 4.69) is 30.8 Å². The Kier molecular flexibility index (Phi) is 4.61. The van der Waals surface area contributed by atoms with E-state index in [4.69, 9.17) is 0 Å². The van der Waals surface area contributed by atoms with Gasteiger partial charge in [0.25, 0.3) is 5.56 Å². The van der Waals surface area contributed by atoms with E-state index in [-0.39, 0.29) is 17.1 Å². The van der Waals surface area contributed by atoms with Crippen molar-refractivity contribution in [2.24, 2.45) is 5.92 Å². The van der Waals surface area contributed by atoms with Crippen molar-refractivity contribution in [1.82, 2.24) is 14.7 Å². The third-order valence-electron chi connectivity index (χ3n) is 5.21. The third kappa shape index (κ3) is 3.66. The molecule has 2 atom stereocenters. The summed E-state index contributed by atoms with van der Waals surface area (Å²) in [7, 11) is 0. The second-order valence-electron chi connectivity index (χ2n) is 8.23. The Hall–Kier alpha value is -1.20. The number of hydrogen-bond donors (Lipinski definition) is 1. The van der Waals surface area contributed by atoms with Gasteiger partial charge in [0.2, 0.25) is 0 Å². The zero-order valence-electron chi connectivity index (χ0n) is 14.5. The molecule has 3 rings (SSSR count). The fourth-order valence-electron chi connectivity index (χ4n) is 3.74. The first-order chi connectivity index (χ1) is 10.8. The molecule has 1 aromatic heterocycles. The van der Waals surface area contributed by atoms with E-state index in [1.807, 2.05) is 6.07 Å². The van der Waals surface area contributed by atoms with Crippen molar-refractivity contribution in [3.8, 4) is 0 Å². The van der Waals surface area contributed by atoms with Crippen LogP contribution in [0, 0.1) is 5.92 Å². The maximum Gasteiger partial charge on any atom is 0.266 e. The molecule has 1 saturated carbocycles. The van der Waals surface area contributed by atoms with Crippen molar-refractivity contribution >= 4 is 0 Å². The number of hydrogen-bond acceptors (Lipinski definition) is 4. The molecule has 2 heterocycles. The zero-order chi connectivity index (χ0) is 16.6. The number of nitrogens with zero attached hydrogens (tertiary/aromatic N) is 3. The van der Waals surface area contributed by atoms with Crippen molar-refractivity contribution in [3.05, 3.63) is 28.2 Å². The molecule has 5 nitrogen and oxygen atoms in total. The molecule has 128 valence electrons. The lowest BCUT2D eigenvalue weighted by molar-refractivity contribution is -0.0405. The lowest BCUT2D eigenvalue weighted by Crippen LogP contribution is -2.58. The van der Waals surface area contributed by atoms with E-state index in [9.17, 15) is 9.90 Å². The molecule has 0 amide bonds. The molecule has 1 N–H and O–H groups in total. The Bertz CT molecular complexity index is 599. The minimum atomic E-state index is -0.172. The van der Waals surface area contributed by atoms with Gasteiger partial charge in [-0.05, 0) is 18.9 Å². The molecule has 0 aromatic carbocycles. The molecule has 1 saturated heterocycles. The SMILES string of the molecule is CC(C)(C)c1ccc(=O)n(CC2CN(C3CCCCC3O)C2)n1. The van der Waals surface area contributed by atoms with Crippen LogP contribution < -0.4 is 5.56 Å². The highest BCUT2D eigenvalue weighted by molar-refractivity contribution is 5.10. The van der Waals surface area contributed by atoms with Crippen molar-refractivity contribution in [1.29, 1.82) is 0 Å². The maximum absolute atomic E-state index is 12.1. The minimum absolute atomic E-state index is 0.0193. The van der Waals surface area contributed by atoms with Crippen LogP contribution in [-0.2, 0) is 12.0 Å². The number of aliphatic hydroxyl groups is 1. The van der Waals surface area contributed by atoms with Crippen molar-refractivity contribution < 1.29 is 5.11 Å². The van der Waals surface area contributed by atoms with Crippen LogP contribution in [0.2, 0.25) is 0 Å². The Morgan fingerprint density at radius 1 is 1.22 bits per heavy atom. The van der Waals surface area contributed by atoms with Gasteiger partial charge in [0.1, 0.15) is 0 Å². The smallest absolute Gasteiger partial charge is 0.266 e. The van der Waals surface area contributed by atoms with Gasteiger partial charge in [-0.25, -0.2) is 4.68 Å². The van der Waals surface area contributed by atoms with E-state index in [0.717, 1.165) is 38.0 Å². The van der Waals surface area contributed by atoms with Crippen LogP contribution in [0.25, 0.3) is 0 Å². The first-order valence-electron chi connectivity index (χ1n) is 8.85. The van der Waals surface area contributed by atoms with E-state index in [1.165, 1.54) is 6.42 Å². The average Bonchev–Trinajstić information content (AvgIpc) is 2.44. The van der Waals surface area contributed by atoms with Crippen LogP contribution in [0.1, 0.15) is 52.1 Å². The van der Waals surface area contributed by atoms with Gasteiger partial charge in [-0.15, -0.1) is 0 Å². The summed E-state index contributed by atoms with van der Waals surface area (Å²) in [6.45, 7) is 8.95. The van der Waals surface area contributed by atoms with E-state index < -0.39 is 0 Å². The fourth-order valence-corrected chi connectivity index (χ4v) is 3.74. The number of aliphatic hydroxyl groups excluding tert-OH is 1. The molecule has 0 bridgehead atoms. The van der Waals surface area contributed by atoms with Crippen molar-refractivity contribution in [2.45, 2.75) is 70.6 Å². The summed E-state index contributed by atoms with van der Waals surface area (Å²) < 4.78 is 1.62. The Balaban J connectivity index is 1.60. The summed E-state index contributed by atoms with van der Waals surface area (Å²) in [5, 5.41) is 14.7.